The first kappa shape index (κ1) is 6.85. The predicted octanol–water partition coefficient (Wildman–Crippen LogP) is 1.48. The molecule has 0 amide bonds. The van der Waals surface area contributed by atoms with Crippen LogP contribution in [0.4, 0.5) is 0 Å². The highest BCUT2D eigenvalue weighted by molar-refractivity contribution is 4.97. The maximum atomic E-state index is 5.61. The summed E-state index contributed by atoms with van der Waals surface area (Å²) in [6, 6.07) is 1.94. The Labute approximate surface area is 65.8 Å². The van der Waals surface area contributed by atoms with Gasteiger partial charge in [0, 0.05) is 6.20 Å². The standard InChI is InChI=1S/C8H12N2O/c1-8(3-4-8)11-6-7-2-5-9-10-7/h2,5H,3-4,6H2,1H3,(H,9,10). The Balaban J connectivity index is 1.83. The highest BCUT2D eigenvalue weighted by Crippen LogP contribution is 2.39. The zero-order valence-electron chi connectivity index (χ0n) is 6.63. The second kappa shape index (κ2) is 2.34. The minimum Gasteiger partial charge on any atom is -0.369 e. The number of ether oxygens (including phenoxy) is 1. The molecule has 1 aliphatic rings. The lowest BCUT2D eigenvalue weighted by molar-refractivity contribution is 0.0316. The van der Waals surface area contributed by atoms with Crippen molar-refractivity contribution in [1.82, 2.24) is 10.2 Å². The van der Waals surface area contributed by atoms with Gasteiger partial charge in [0.2, 0.25) is 0 Å². The number of hydrogen-bond acceptors (Lipinski definition) is 2. The Bertz CT molecular complexity index is 226. The maximum Gasteiger partial charge on any atom is 0.0889 e. The second-order valence-electron chi connectivity index (χ2n) is 3.32. The van der Waals surface area contributed by atoms with Gasteiger partial charge in [0.25, 0.3) is 0 Å². The molecule has 1 aliphatic carbocycles. The average Bonchev–Trinajstić information content (AvgIpc) is 2.53. The predicted molar refractivity (Wildman–Crippen MR) is 41.0 cm³/mol. The first-order valence-electron chi connectivity index (χ1n) is 3.91. The molecule has 0 saturated heterocycles. The van der Waals surface area contributed by atoms with Gasteiger partial charge in [-0.05, 0) is 25.8 Å². The summed E-state index contributed by atoms with van der Waals surface area (Å²) in [6.45, 7) is 2.81. The summed E-state index contributed by atoms with van der Waals surface area (Å²) in [6.07, 6.45) is 4.14. The van der Waals surface area contributed by atoms with Crippen LogP contribution in [-0.2, 0) is 11.3 Å². The molecule has 1 fully saturated rings. The molecule has 0 unspecified atom stereocenters. The van der Waals surface area contributed by atoms with Crippen LogP contribution in [-0.4, -0.2) is 15.8 Å². The molecular weight excluding hydrogens is 140 g/mol. The van der Waals surface area contributed by atoms with Gasteiger partial charge in [-0.2, -0.15) is 5.10 Å². The van der Waals surface area contributed by atoms with Crippen LogP contribution < -0.4 is 0 Å². The molecule has 0 atom stereocenters. The van der Waals surface area contributed by atoms with Crippen molar-refractivity contribution in [3.8, 4) is 0 Å². The molecule has 0 aromatic carbocycles. The van der Waals surface area contributed by atoms with Crippen molar-refractivity contribution in [3.63, 3.8) is 0 Å². The molecule has 3 heteroatoms. The Morgan fingerprint density at radius 3 is 3.09 bits per heavy atom. The van der Waals surface area contributed by atoms with Gasteiger partial charge >= 0.3 is 0 Å². The van der Waals surface area contributed by atoms with Crippen molar-refractivity contribution in [2.24, 2.45) is 0 Å². The van der Waals surface area contributed by atoms with Gasteiger partial charge in [0.05, 0.1) is 17.9 Å². The van der Waals surface area contributed by atoms with E-state index in [1.165, 1.54) is 12.8 Å². The van der Waals surface area contributed by atoms with E-state index in [1.54, 1.807) is 6.20 Å². The van der Waals surface area contributed by atoms with Gasteiger partial charge < -0.3 is 4.74 Å². The highest BCUT2D eigenvalue weighted by atomic mass is 16.5. The lowest BCUT2D eigenvalue weighted by Crippen LogP contribution is -2.07. The number of nitrogens with zero attached hydrogens (tertiary/aromatic N) is 1. The summed E-state index contributed by atoms with van der Waals surface area (Å²) in [7, 11) is 0. The fraction of sp³-hybridized carbons (Fsp3) is 0.625. The van der Waals surface area contributed by atoms with Crippen LogP contribution in [0.5, 0.6) is 0 Å². The van der Waals surface area contributed by atoms with Gasteiger partial charge in [-0.15, -0.1) is 0 Å². The van der Waals surface area contributed by atoms with Crippen LogP contribution in [0.25, 0.3) is 0 Å². The van der Waals surface area contributed by atoms with Crippen LogP contribution in [0.1, 0.15) is 25.5 Å². The third-order valence-corrected chi connectivity index (χ3v) is 2.09. The maximum absolute atomic E-state index is 5.61. The molecule has 3 nitrogen and oxygen atoms in total. The number of rotatable bonds is 3. The number of hydrogen-bond donors (Lipinski definition) is 1. The quantitative estimate of drug-likeness (QED) is 0.712. The van der Waals surface area contributed by atoms with E-state index in [1.807, 2.05) is 6.07 Å². The molecule has 0 spiro atoms. The normalized spacial score (nSPS) is 20.1. The van der Waals surface area contributed by atoms with Crippen LogP contribution in [0.15, 0.2) is 12.3 Å². The van der Waals surface area contributed by atoms with E-state index in [4.69, 9.17) is 4.74 Å². The second-order valence-corrected chi connectivity index (χ2v) is 3.32. The molecule has 1 aromatic rings. The number of nitrogens with one attached hydrogen (secondary N) is 1. The number of aromatic nitrogens is 2. The van der Waals surface area contributed by atoms with Crippen LogP contribution in [0.3, 0.4) is 0 Å². The largest absolute Gasteiger partial charge is 0.369 e. The molecule has 2 rings (SSSR count). The molecule has 11 heavy (non-hydrogen) atoms. The van der Waals surface area contributed by atoms with Gasteiger partial charge in [-0.1, -0.05) is 0 Å². The van der Waals surface area contributed by atoms with Crippen molar-refractivity contribution >= 4 is 0 Å². The van der Waals surface area contributed by atoms with E-state index in [0.29, 0.717) is 6.61 Å². The molecule has 0 bridgehead atoms. The fourth-order valence-electron chi connectivity index (χ4n) is 0.937. The summed E-state index contributed by atoms with van der Waals surface area (Å²) in [5, 5.41) is 6.70. The first-order chi connectivity index (χ1) is 5.29. The van der Waals surface area contributed by atoms with Crippen molar-refractivity contribution in [2.75, 3.05) is 0 Å². The topological polar surface area (TPSA) is 37.9 Å². The SMILES string of the molecule is CC1(OCc2ccn[nH]2)CC1. The lowest BCUT2D eigenvalue weighted by Gasteiger charge is -2.08. The Kier molecular flexibility index (Phi) is 1.46. The highest BCUT2D eigenvalue weighted by Gasteiger charge is 2.38. The van der Waals surface area contributed by atoms with E-state index < -0.39 is 0 Å². The molecule has 1 aromatic heterocycles. The summed E-state index contributed by atoms with van der Waals surface area (Å²) in [5.74, 6) is 0. The summed E-state index contributed by atoms with van der Waals surface area (Å²) >= 11 is 0. The molecule has 1 N–H and O–H groups in total. The molecular formula is C8H12N2O. The molecule has 0 aliphatic heterocycles. The Morgan fingerprint density at radius 2 is 2.55 bits per heavy atom. The smallest absolute Gasteiger partial charge is 0.0889 e. The van der Waals surface area contributed by atoms with Gasteiger partial charge in [0.15, 0.2) is 0 Å². The fourth-order valence-corrected chi connectivity index (χ4v) is 0.937. The van der Waals surface area contributed by atoms with Gasteiger partial charge in [-0.3, -0.25) is 5.10 Å². The minimum absolute atomic E-state index is 0.172. The summed E-state index contributed by atoms with van der Waals surface area (Å²) in [4.78, 5) is 0. The van der Waals surface area contributed by atoms with Crippen molar-refractivity contribution in [2.45, 2.75) is 32.0 Å². The number of aromatic amines is 1. The van der Waals surface area contributed by atoms with Crippen molar-refractivity contribution in [1.29, 1.82) is 0 Å². The van der Waals surface area contributed by atoms with Crippen LogP contribution >= 0.6 is 0 Å². The van der Waals surface area contributed by atoms with Crippen LogP contribution in [0.2, 0.25) is 0 Å². The zero-order valence-corrected chi connectivity index (χ0v) is 6.63. The first-order valence-corrected chi connectivity index (χ1v) is 3.91. The Morgan fingerprint density at radius 1 is 1.73 bits per heavy atom. The summed E-state index contributed by atoms with van der Waals surface area (Å²) in [5.41, 5.74) is 1.23. The minimum atomic E-state index is 0.172. The zero-order chi connectivity index (χ0) is 7.73. The average molecular weight is 152 g/mol. The lowest BCUT2D eigenvalue weighted by atomic mass is 10.4. The van der Waals surface area contributed by atoms with Crippen molar-refractivity contribution in [3.05, 3.63) is 18.0 Å². The van der Waals surface area contributed by atoms with E-state index in [-0.39, 0.29) is 5.60 Å². The molecule has 0 radical (unpaired) electrons. The number of H-pyrrole nitrogens is 1. The van der Waals surface area contributed by atoms with E-state index in [0.717, 1.165) is 5.69 Å². The monoisotopic (exact) mass is 152 g/mol. The third-order valence-electron chi connectivity index (χ3n) is 2.09. The van der Waals surface area contributed by atoms with E-state index >= 15 is 0 Å². The van der Waals surface area contributed by atoms with Gasteiger partial charge in [-0.25, -0.2) is 0 Å². The Hall–Kier alpha value is -0.830. The van der Waals surface area contributed by atoms with E-state index in [9.17, 15) is 0 Å². The molecule has 60 valence electrons. The summed E-state index contributed by atoms with van der Waals surface area (Å²) < 4.78 is 5.61. The third kappa shape index (κ3) is 1.60. The van der Waals surface area contributed by atoms with E-state index in [2.05, 4.69) is 17.1 Å². The van der Waals surface area contributed by atoms with Gasteiger partial charge in [0.1, 0.15) is 0 Å². The molecule has 1 heterocycles. The van der Waals surface area contributed by atoms with Crippen molar-refractivity contribution < 1.29 is 4.74 Å². The molecule has 1 saturated carbocycles. The van der Waals surface area contributed by atoms with Crippen LogP contribution in [0, 0.1) is 0 Å².